The summed E-state index contributed by atoms with van der Waals surface area (Å²) >= 11 is 1.72. The van der Waals surface area contributed by atoms with Crippen LogP contribution in [0.1, 0.15) is 62.9 Å². The summed E-state index contributed by atoms with van der Waals surface area (Å²) in [6.07, 6.45) is 0.248. The number of nitrogens with zero attached hydrogens (tertiary/aromatic N) is 2. The number of aliphatic imine (C=N–C) groups is 1. The predicted molar refractivity (Wildman–Crippen MR) is 136 cm³/mol. The maximum Gasteiger partial charge on any atom is 0.191 e. The predicted octanol–water partition coefficient (Wildman–Crippen LogP) is 4.50. The maximum atomic E-state index is 10.5. The molecule has 0 radical (unpaired) electrons. The van der Waals surface area contributed by atoms with Crippen LogP contribution in [0.25, 0.3) is 0 Å². The molecule has 30 heavy (non-hydrogen) atoms. The maximum absolute atomic E-state index is 10.5. The third-order valence-corrected chi connectivity index (χ3v) is 5.31. The molecule has 0 aliphatic carbocycles. The van der Waals surface area contributed by atoms with Crippen LogP contribution >= 0.6 is 35.3 Å². The van der Waals surface area contributed by atoms with E-state index in [1.807, 2.05) is 45.0 Å². The Balaban J connectivity index is 0.00000450. The third kappa shape index (κ3) is 9.18. The molecule has 0 aliphatic rings. The number of rotatable bonds is 10. The minimum absolute atomic E-state index is 0. The van der Waals surface area contributed by atoms with E-state index >= 15 is 0 Å². The zero-order valence-corrected chi connectivity index (χ0v) is 21.7. The Kier molecular flexibility index (Phi) is 12.3. The number of thiazole rings is 1. The van der Waals surface area contributed by atoms with Crippen molar-refractivity contribution >= 4 is 41.3 Å². The number of guanidine groups is 1. The molecule has 2 rings (SSSR count). The fraction of sp³-hybridized carbons (Fsp3) is 0.545. The average Bonchev–Trinajstić information content (AvgIpc) is 3.15. The summed E-state index contributed by atoms with van der Waals surface area (Å²) < 4.78 is 5.70. The van der Waals surface area contributed by atoms with Crippen LogP contribution in [0.15, 0.2) is 34.6 Å². The van der Waals surface area contributed by atoms with E-state index < -0.39 is 6.10 Å². The number of aliphatic hydroxyl groups is 1. The summed E-state index contributed by atoms with van der Waals surface area (Å²) in [5, 5.41) is 20.4. The lowest BCUT2D eigenvalue weighted by molar-refractivity contribution is 0.185. The van der Waals surface area contributed by atoms with E-state index in [-0.39, 0.29) is 36.6 Å². The summed E-state index contributed by atoms with van der Waals surface area (Å²) in [5.41, 5.74) is 1.90. The molecule has 0 saturated heterocycles. The quantitative estimate of drug-likeness (QED) is 0.232. The van der Waals surface area contributed by atoms with Crippen LogP contribution in [-0.2, 0) is 6.42 Å². The Morgan fingerprint density at radius 3 is 2.63 bits per heavy atom. The topological polar surface area (TPSA) is 78.8 Å². The van der Waals surface area contributed by atoms with Gasteiger partial charge in [-0.1, -0.05) is 26.0 Å². The van der Waals surface area contributed by atoms with E-state index in [9.17, 15) is 5.11 Å². The lowest BCUT2D eigenvalue weighted by Crippen LogP contribution is -2.38. The fourth-order valence-corrected chi connectivity index (χ4v) is 3.57. The van der Waals surface area contributed by atoms with Gasteiger partial charge in [0, 0.05) is 30.8 Å². The summed E-state index contributed by atoms with van der Waals surface area (Å²) in [5.74, 6) is 1.92. The van der Waals surface area contributed by atoms with Gasteiger partial charge in [-0.2, -0.15) is 0 Å². The van der Waals surface area contributed by atoms with Gasteiger partial charge in [-0.15, -0.1) is 35.3 Å². The number of aromatic nitrogens is 1. The van der Waals surface area contributed by atoms with Crippen LogP contribution in [0.5, 0.6) is 5.75 Å². The van der Waals surface area contributed by atoms with E-state index in [0.717, 1.165) is 36.5 Å². The first-order chi connectivity index (χ1) is 13.9. The van der Waals surface area contributed by atoms with Gasteiger partial charge in [0.15, 0.2) is 5.96 Å². The lowest BCUT2D eigenvalue weighted by atomic mass is 10.1. The zero-order chi connectivity index (χ0) is 21.2. The second-order valence-corrected chi connectivity index (χ2v) is 8.37. The number of halogens is 1. The number of ether oxygens (including phenoxy) is 1. The van der Waals surface area contributed by atoms with Crippen molar-refractivity contribution < 1.29 is 9.84 Å². The number of hydrogen-bond acceptors (Lipinski definition) is 5. The van der Waals surface area contributed by atoms with Gasteiger partial charge in [-0.3, -0.25) is 4.99 Å². The average molecular weight is 547 g/mol. The molecule has 8 heteroatoms. The van der Waals surface area contributed by atoms with E-state index in [4.69, 9.17) is 4.74 Å². The van der Waals surface area contributed by atoms with Crippen LogP contribution in [0.2, 0.25) is 0 Å². The SMILES string of the molecule is CCNC(=NCC(O)c1cccc(OC(C)C)c1)NCCc1csc(C(C)C)n1.I. The van der Waals surface area contributed by atoms with Crippen molar-refractivity contribution in [2.24, 2.45) is 4.99 Å². The smallest absolute Gasteiger partial charge is 0.191 e. The number of aliphatic hydroxyl groups excluding tert-OH is 1. The van der Waals surface area contributed by atoms with Gasteiger partial charge in [0.1, 0.15) is 5.75 Å². The molecule has 1 aromatic heterocycles. The fourth-order valence-electron chi connectivity index (χ4n) is 2.70. The number of hydrogen-bond donors (Lipinski definition) is 3. The molecule has 6 nitrogen and oxygen atoms in total. The van der Waals surface area contributed by atoms with Crippen LogP contribution in [0.3, 0.4) is 0 Å². The molecule has 0 fully saturated rings. The second-order valence-electron chi connectivity index (χ2n) is 7.48. The summed E-state index contributed by atoms with van der Waals surface area (Å²) in [6, 6.07) is 7.55. The van der Waals surface area contributed by atoms with Gasteiger partial charge in [0.2, 0.25) is 0 Å². The Bertz CT molecular complexity index is 780. The molecule has 0 amide bonds. The monoisotopic (exact) mass is 546 g/mol. The molecule has 3 N–H and O–H groups in total. The van der Waals surface area contributed by atoms with Crippen molar-refractivity contribution in [1.82, 2.24) is 15.6 Å². The van der Waals surface area contributed by atoms with Gasteiger partial charge in [0.05, 0.1) is 29.5 Å². The Morgan fingerprint density at radius 2 is 2.00 bits per heavy atom. The molecule has 0 bridgehead atoms. The van der Waals surface area contributed by atoms with Crippen LogP contribution in [0, 0.1) is 0 Å². The van der Waals surface area contributed by atoms with Crippen molar-refractivity contribution in [3.63, 3.8) is 0 Å². The molecule has 0 aliphatic heterocycles. The third-order valence-electron chi connectivity index (χ3n) is 4.12. The Hall–Kier alpha value is -1.39. The van der Waals surface area contributed by atoms with E-state index in [0.29, 0.717) is 11.9 Å². The number of nitrogens with one attached hydrogen (secondary N) is 2. The van der Waals surface area contributed by atoms with Gasteiger partial charge < -0.3 is 20.5 Å². The van der Waals surface area contributed by atoms with Gasteiger partial charge in [0.25, 0.3) is 0 Å². The Morgan fingerprint density at radius 1 is 1.23 bits per heavy atom. The highest BCUT2D eigenvalue weighted by Crippen LogP contribution is 2.21. The highest BCUT2D eigenvalue weighted by molar-refractivity contribution is 14.0. The van der Waals surface area contributed by atoms with Crippen LogP contribution < -0.4 is 15.4 Å². The molecular weight excluding hydrogens is 511 g/mol. The first-order valence-electron chi connectivity index (χ1n) is 10.3. The minimum Gasteiger partial charge on any atom is -0.491 e. The molecule has 1 atom stereocenters. The van der Waals surface area contributed by atoms with E-state index in [1.165, 1.54) is 5.01 Å². The molecule has 0 saturated carbocycles. The highest BCUT2D eigenvalue weighted by Gasteiger charge is 2.10. The molecule has 1 unspecified atom stereocenters. The molecule has 2 aromatic rings. The molecule has 168 valence electrons. The van der Waals surface area contributed by atoms with E-state index in [1.54, 1.807) is 11.3 Å². The highest BCUT2D eigenvalue weighted by atomic mass is 127. The second kappa shape index (κ2) is 13.8. The van der Waals surface area contributed by atoms with Crippen molar-refractivity contribution in [3.8, 4) is 5.75 Å². The summed E-state index contributed by atoms with van der Waals surface area (Å²) in [7, 11) is 0. The van der Waals surface area contributed by atoms with Crippen LogP contribution in [0.4, 0.5) is 0 Å². The first-order valence-corrected chi connectivity index (χ1v) is 11.2. The zero-order valence-electron chi connectivity index (χ0n) is 18.5. The molecule has 1 heterocycles. The Labute approximate surface area is 201 Å². The summed E-state index contributed by atoms with van der Waals surface area (Å²) in [6.45, 7) is 12.1. The van der Waals surface area contributed by atoms with Crippen molar-refractivity contribution in [2.45, 2.75) is 59.2 Å². The standard InChI is InChI=1S/C22H34N4O2S.HI/c1-6-23-22(24-11-10-18-14-29-21(26-18)15(2)3)25-13-20(27)17-8-7-9-19(12-17)28-16(4)5;/h7-9,12,14-16,20,27H,6,10-11,13H2,1-5H3,(H2,23,24,25);1H. The van der Waals surface area contributed by atoms with Gasteiger partial charge >= 0.3 is 0 Å². The first kappa shape index (κ1) is 26.6. The van der Waals surface area contributed by atoms with Crippen molar-refractivity contribution in [2.75, 3.05) is 19.6 Å². The van der Waals surface area contributed by atoms with E-state index in [2.05, 4.69) is 39.8 Å². The molecule has 1 aromatic carbocycles. The minimum atomic E-state index is -0.687. The van der Waals surface area contributed by atoms with Gasteiger partial charge in [-0.05, 0) is 38.5 Å². The van der Waals surface area contributed by atoms with Gasteiger partial charge in [-0.25, -0.2) is 4.98 Å². The molecule has 0 spiro atoms. The lowest BCUT2D eigenvalue weighted by Gasteiger charge is -2.15. The van der Waals surface area contributed by atoms with Crippen molar-refractivity contribution in [1.29, 1.82) is 0 Å². The normalized spacial score (nSPS) is 12.6. The number of benzene rings is 1. The summed E-state index contributed by atoms with van der Waals surface area (Å²) in [4.78, 5) is 9.19. The van der Waals surface area contributed by atoms with Crippen molar-refractivity contribution in [3.05, 3.63) is 45.9 Å². The largest absolute Gasteiger partial charge is 0.491 e. The molecular formula is C22H35IN4O2S. The van der Waals surface area contributed by atoms with Crippen LogP contribution in [-0.4, -0.2) is 41.8 Å².